The van der Waals surface area contributed by atoms with Crippen LogP contribution >= 0.6 is 11.6 Å². The van der Waals surface area contributed by atoms with Crippen molar-refractivity contribution in [3.8, 4) is 0 Å². The number of anilines is 1. The van der Waals surface area contributed by atoms with Gasteiger partial charge in [-0.15, -0.1) is 0 Å². The van der Waals surface area contributed by atoms with Crippen LogP contribution in [0.4, 0.5) is 18.9 Å². The third kappa shape index (κ3) is 5.02. The Morgan fingerprint density at radius 3 is 2.45 bits per heavy atom. The maximum atomic E-state index is 14.4. The minimum atomic E-state index is -2.91. The zero-order chi connectivity index (χ0) is 29.6. The van der Waals surface area contributed by atoms with Crippen molar-refractivity contribution in [1.29, 1.82) is 0 Å². The van der Waals surface area contributed by atoms with Gasteiger partial charge in [0.05, 0.1) is 16.3 Å². The van der Waals surface area contributed by atoms with Gasteiger partial charge in [-0.2, -0.15) is 0 Å². The number of carbonyl (C=O) groups excluding carboxylic acids is 3. The zero-order valence-corrected chi connectivity index (χ0v) is 23.3. The second kappa shape index (κ2) is 11.1. The van der Waals surface area contributed by atoms with E-state index in [0.29, 0.717) is 43.5 Å². The van der Waals surface area contributed by atoms with Crippen LogP contribution in [0.15, 0.2) is 60.8 Å². The normalized spacial score (nSPS) is 20.9. The molecule has 1 aromatic heterocycles. The van der Waals surface area contributed by atoms with Crippen LogP contribution in [0, 0.1) is 11.7 Å². The molecule has 1 saturated carbocycles. The van der Waals surface area contributed by atoms with Gasteiger partial charge in [-0.25, -0.2) is 13.2 Å². The summed E-state index contributed by atoms with van der Waals surface area (Å²) in [5.74, 6) is -1.27. The van der Waals surface area contributed by atoms with Crippen molar-refractivity contribution < 1.29 is 27.6 Å². The molecule has 0 unspecified atom stereocenters. The van der Waals surface area contributed by atoms with Gasteiger partial charge >= 0.3 is 0 Å². The van der Waals surface area contributed by atoms with Crippen LogP contribution in [0.2, 0.25) is 5.02 Å². The number of alkyl halides is 2. The van der Waals surface area contributed by atoms with Gasteiger partial charge in [-0.3, -0.25) is 19.4 Å². The van der Waals surface area contributed by atoms with E-state index in [1.165, 1.54) is 18.2 Å². The molecule has 3 amide bonds. The highest BCUT2D eigenvalue weighted by atomic mass is 35.5. The van der Waals surface area contributed by atoms with Crippen LogP contribution in [0.3, 0.4) is 0 Å². The van der Waals surface area contributed by atoms with Gasteiger partial charge in [0.15, 0.2) is 0 Å². The minimum Gasteiger partial charge on any atom is -0.349 e. The molecule has 3 aromatic rings. The van der Waals surface area contributed by atoms with Gasteiger partial charge < -0.3 is 15.1 Å². The van der Waals surface area contributed by atoms with Crippen LogP contribution in [0.5, 0.6) is 0 Å². The molecule has 1 aliphatic carbocycles. The van der Waals surface area contributed by atoms with Gasteiger partial charge in [0, 0.05) is 37.4 Å². The summed E-state index contributed by atoms with van der Waals surface area (Å²) in [4.78, 5) is 46.5. The van der Waals surface area contributed by atoms with Gasteiger partial charge in [0.25, 0.3) is 18.2 Å². The highest BCUT2D eigenvalue weighted by Crippen LogP contribution is 2.48. The molecule has 0 atom stereocenters. The lowest BCUT2D eigenvalue weighted by atomic mass is 9.74. The van der Waals surface area contributed by atoms with Crippen LogP contribution < -0.4 is 10.2 Å². The molecule has 2 aromatic carbocycles. The third-order valence-corrected chi connectivity index (χ3v) is 8.82. The van der Waals surface area contributed by atoms with E-state index in [1.54, 1.807) is 40.1 Å². The Balaban J connectivity index is 1.11. The Morgan fingerprint density at radius 2 is 1.76 bits per heavy atom. The quantitative estimate of drug-likeness (QED) is 0.405. The van der Waals surface area contributed by atoms with Crippen LogP contribution in [-0.4, -0.2) is 53.3 Å². The molecule has 218 valence electrons. The SMILES string of the molecule is O=C(NC1CCC(CN2C(=O)C3(CN(C(=O)c4ccccc4)C3)c3ccc(F)cc32)CC1)c1cc(Cl)cnc1C(F)F. The van der Waals surface area contributed by atoms with Gasteiger partial charge in [-0.1, -0.05) is 35.9 Å². The first-order valence-corrected chi connectivity index (χ1v) is 14.2. The highest BCUT2D eigenvalue weighted by Gasteiger charge is 2.59. The number of nitrogens with zero attached hydrogens (tertiary/aromatic N) is 3. The van der Waals surface area contributed by atoms with Crippen molar-refractivity contribution in [1.82, 2.24) is 15.2 Å². The predicted octanol–water partition coefficient (Wildman–Crippen LogP) is 5.54. The van der Waals surface area contributed by atoms with Crippen molar-refractivity contribution in [2.75, 3.05) is 24.5 Å². The predicted molar refractivity (Wildman–Crippen MR) is 150 cm³/mol. The molecule has 2 aliphatic heterocycles. The summed E-state index contributed by atoms with van der Waals surface area (Å²) in [5, 5.41) is 2.92. The number of hydrogen-bond donors (Lipinski definition) is 1. The molecule has 1 N–H and O–H groups in total. The molecule has 1 spiro atoms. The molecule has 0 bridgehead atoms. The lowest BCUT2D eigenvalue weighted by Gasteiger charge is -2.47. The lowest BCUT2D eigenvalue weighted by molar-refractivity contribution is -0.128. The maximum absolute atomic E-state index is 14.4. The number of rotatable bonds is 6. The smallest absolute Gasteiger partial charge is 0.281 e. The van der Waals surface area contributed by atoms with Crippen molar-refractivity contribution >= 4 is 35.0 Å². The maximum Gasteiger partial charge on any atom is 0.281 e. The van der Waals surface area contributed by atoms with E-state index in [9.17, 15) is 27.6 Å². The van der Waals surface area contributed by atoms with E-state index in [4.69, 9.17) is 11.6 Å². The summed E-state index contributed by atoms with van der Waals surface area (Å²) < 4.78 is 41.1. The number of fused-ring (bicyclic) bond motifs is 2. The second-order valence-corrected chi connectivity index (χ2v) is 11.7. The molecule has 7 nitrogen and oxygen atoms in total. The average molecular weight is 597 g/mol. The number of carbonyl (C=O) groups is 3. The first-order chi connectivity index (χ1) is 20.2. The fourth-order valence-corrected chi connectivity index (χ4v) is 6.59. The number of likely N-dealkylation sites (tertiary alicyclic amines) is 1. The molecule has 2 fully saturated rings. The van der Waals surface area contributed by atoms with E-state index >= 15 is 0 Å². The average Bonchev–Trinajstić information content (AvgIpc) is 3.20. The van der Waals surface area contributed by atoms with Crippen molar-refractivity contribution in [2.45, 2.75) is 43.6 Å². The Hall–Kier alpha value is -3.92. The van der Waals surface area contributed by atoms with Crippen molar-refractivity contribution in [3.63, 3.8) is 0 Å². The van der Waals surface area contributed by atoms with Crippen molar-refractivity contribution in [2.24, 2.45) is 5.92 Å². The van der Waals surface area contributed by atoms with Crippen LogP contribution in [0.25, 0.3) is 0 Å². The first kappa shape index (κ1) is 28.2. The minimum absolute atomic E-state index is 0.0945. The fraction of sp³-hybridized carbons (Fsp3) is 0.355. The third-order valence-electron chi connectivity index (χ3n) is 8.61. The van der Waals surface area contributed by atoms with E-state index in [-0.39, 0.29) is 47.4 Å². The first-order valence-electron chi connectivity index (χ1n) is 13.9. The lowest BCUT2D eigenvalue weighted by Crippen LogP contribution is -2.65. The summed E-state index contributed by atoms with van der Waals surface area (Å²) in [5.41, 5.74) is 0.0676. The standard InChI is InChI=1S/C31H28ClF3N4O3/c32-20-12-23(26(27(34)35)36-14-20)28(40)37-22-9-6-18(7-10-22)15-39-25-13-21(33)8-11-24(25)31(30(39)42)16-38(17-31)29(41)19-4-2-1-3-5-19/h1-5,8,11-14,18,22,27H,6-7,9-10,15-17H2,(H,37,40). The van der Waals surface area contributed by atoms with Crippen LogP contribution in [0.1, 0.15) is 64.1 Å². The number of benzene rings is 2. The molecular weight excluding hydrogens is 569 g/mol. The van der Waals surface area contributed by atoms with Gasteiger partial charge in [0.1, 0.15) is 16.9 Å². The molecule has 42 heavy (non-hydrogen) atoms. The number of hydrogen-bond acceptors (Lipinski definition) is 4. The second-order valence-electron chi connectivity index (χ2n) is 11.3. The molecule has 0 radical (unpaired) electrons. The summed E-state index contributed by atoms with van der Waals surface area (Å²) in [6.45, 7) is 0.844. The van der Waals surface area contributed by atoms with Crippen molar-refractivity contribution in [3.05, 3.63) is 94.0 Å². The number of pyridine rings is 1. The summed E-state index contributed by atoms with van der Waals surface area (Å²) in [6.07, 6.45) is 0.725. The van der Waals surface area contributed by atoms with E-state index in [0.717, 1.165) is 11.8 Å². The number of aromatic nitrogens is 1. The molecule has 3 heterocycles. The monoisotopic (exact) mass is 596 g/mol. The summed E-state index contributed by atoms with van der Waals surface area (Å²) >= 11 is 5.89. The number of halogens is 4. The molecule has 1 saturated heterocycles. The number of nitrogens with one attached hydrogen (secondary N) is 1. The Labute approximate surface area is 245 Å². The van der Waals surface area contributed by atoms with Crippen LogP contribution in [-0.2, 0) is 10.2 Å². The highest BCUT2D eigenvalue weighted by molar-refractivity contribution is 6.30. The van der Waals surface area contributed by atoms with Gasteiger partial charge in [0.2, 0.25) is 5.91 Å². The Kier molecular flexibility index (Phi) is 7.43. The molecule has 6 rings (SSSR count). The summed E-state index contributed by atoms with van der Waals surface area (Å²) in [6, 6.07) is 14.2. The number of amides is 3. The Morgan fingerprint density at radius 1 is 1.05 bits per heavy atom. The summed E-state index contributed by atoms with van der Waals surface area (Å²) in [7, 11) is 0. The van der Waals surface area contributed by atoms with E-state index in [2.05, 4.69) is 10.3 Å². The largest absolute Gasteiger partial charge is 0.349 e. The molecular formula is C31H28ClF3N4O3. The Bertz CT molecular complexity index is 1540. The van der Waals surface area contributed by atoms with E-state index in [1.807, 2.05) is 6.07 Å². The fourth-order valence-electron chi connectivity index (χ4n) is 6.43. The zero-order valence-electron chi connectivity index (χ0n) is 22.5. The van der Waals surface area contributed by atoms with E-state index < -0.39 is 29.3 Å². The molecule has 3 aliphatic rings. The topological polar surface area (TPSA) is 82.6 Å². The molecule has 11 heteroatoms. The van der Waals surface area contributed by atoms with Gasteiger partial charge in [-0.05, 0) is 67.5 Å².